The normalized spacial score (nSPS) is 12.8. The Kier molecular flexibility index (Phi) is 4.88. The second-order valence-electron chi connectivity index (χ2n) is 7.46. The van der Waals surface area contributed by atoms with Crippen molar-refractivity contribution in [2.75, 3.05) is 5.32 Å². The van der Waals surface area contributed by atoms with Crippen molar-refractivity contribution in [2.24, 2.45) is 7.05 Å². The molecule has 1 aliphatic heterocycles. The van der Waals surface area contributed by atoms with Gasteiger partial charge in [-0.15, -0.1) is 0 Å². The molecule has 0 saturated heterocycles. The summed E-state index contributed by atoms with van der Waals surface area (Å²) >= 11 is 6.08. The number of aromatic nitrogens is 4. The molecule has 0 bridgehead atoms. The van der Waals surface area contributed by atoms with Crippen LogP contribution in [0.15, 0.2) is 67.1 Å². The number of hydrogen-bond donors (Lipinski definition) is 1. The van der Waals surface area contributed by atoms with Crippen LogP contribution in [0.5, 0.6) is 0 Å². The number of carbonyl (C=O) groups excluding carboxylic acids is 1. The molecule has 1 amide bonds. The predicted molar refractivity (Wildman–Crippen MR) is 119 cm³/mol. The van der Waals surface area contributed by atoms with Crippen LogP contribution in [-0.4, -0.2) is 30.6 Å². The Morgan fingerprint density at radius 1 is 1.16 bits per heavy atom. The fourth-order valence-electron chi connectivity index (χ4n) is 3.70. The van der Waals surface area contributed by atoms with E-state index in [0.717, 1.165) is 28.1 Å². The predicted octanol–water partition coefficient (Wildman–Crippen LogP) is 4.43. The van der Waals surface area contributed by atoms with Gasteiger partial charge in [-0.1, -0.05) is 35.9 Å². The van der Waals surface area contributed by atoms with Crippen molar-refractivity contribution in [2.45, 2.75) is 13.1 Å². The van der Waals surface area contributed by atoms with Crippen molar-refractivity contribution >= 4 is 29.1 Å². The number of amides is 1. The summed E-state index contributed by atoms with van der Waals surface area (Å²) in [6, 6.07) is 15.3. The minimum atomic E-state index is 0.0135. The molecule has 3 heterocycles. The van der Waals surface area contributed by atoms with E-state index in [1.54, 1.807) is 17.1 Å². The van der Waals surface area contributed by atoms with Gasteiger partial charge >= 0.3 is 0 Å². The Morgan fingerprint density at radius 3 is 2.87 bits per heavy atom. The van der Waals surface area contributed by atoms with Gasteiger partial charge in [0.2, 0.25) is 5.95 Å². The standard InChI is InChI=1S/C23H19ClN6O/c1-29-14-19(11-26-29)27-23-25-8-7-21(28-23)16-5-6-17-13-30(22(31)20(17)10-16)12-15-3-2-4-18(24)9-15/h2-11,14H,12-13H2,1H3,(H,25,27,28). The van der Waals surface area contributed by atoms with Crippen molar-refractivity contribution in [3.8, 4) is 11.3 Å². The van der Waals surface area contributed by atoms with E-state index in [1.165, 1.54) is 0 Å². The Morgan fingerprint density at radius 2 is 2.06 bits per heavy atom. The van der Waals surface area contributed by atoms with E-state index >= 15 is 0 Å². The summed E-state index contributed by atoms with van der Waals surface area (Å²) in [4.78, 5) is 23.7. The van der Waals surface area contributed by atoms with Gasteiger partial charge in [0, 0.05) is 48.7 Å². The maximum absolute atomic E-state index is 13.0. The first-order valence-corrected chi connectivity index (χ1v) is 10.2. The average molecular weight is 431 g/mol. The first-order valence-electron chi connectivity index (χ1n) is 9.81. The van der Waals surface area contributed by atoms with E-state index in [9.17, 15) is 4.79 Å². The molecule has 2 aromatic heterocycles. The number of fused-ring (bicyclic) bond motifs is 1. The van der Waals surface area contributed by atoms with Crippen molar-refractivity contribution in [3.05, 3.63) is 88.8 Å². The third kappa shape index (κ3) is 4.00. The van der Waals surface area contributed by atoms with E-state index in [1.807, 2.05) is 66.7 Å². The molecule has 0 saturated carbocycles. The second-order valence-corrected chi connectivity index (χ2v) is 7.89. The molecule has 5 rings (SSSR count). The monoisotopic (exact) mass is 430 g/mol. The van der Waals surface area contributed by atoms with Gasteiger partial charge < -0.3 is 10.2 Å². The third-order valence-electron chi connectivity index (χ3n) is 5.16. The molecule has 7 nitrogen and oxygen atoms in total. The lowest BCUT2D eigenvalue weighted by atomic mass is 10.0. The third-order valence-corrected chi connectivity index (χ3v) is 5.40. The lowest BCUT2D eigenvalue weighted by molar-refractivity contribution is 0.0766. The number of carbonyl (C=O) groups is 1. The molecule has 8 heteroatoms. The molecule has 0 fully saturated rings. The van der Waals surface area contributed by atoms with Crippen LogP contribution < -0.4 is 5.32 Å². The number of hydrogen-bond acceptors (Lipinski definition) is 5. The molecule has 2 aromatic carbocycles. The lowest BCUT2D eigenvalue weighted by Crippen LogP contribution is -2.23. The maximum Gasteiger partial charge on any atom is 0.254 e. The van der Waals surface area contributed by atoms with Gasteiger partial charge in [0.1, 0.15) is 0 Å². The van der Waals surface area contributed by atoms with E-state index in [4.69, 9.17) is 11.6 Å². The minimum Gasteiger partial charge on any atom is -0.330 e. The van der Waals surface area contributed by atoms with Gasteiger partial charge in [0.05, 0.1) is 17.6 Å². The summed E-state index contributed by atoms with van der Waals surface area (Å²) in [5.41, 5.74) is 5.15. The number of nitrogens with one attached hydrogen (secondary N) is 1. The Bertz CT molecular complexity index is 1280. The molecule has 4 aromatic rings. The van der Waals surface area contributed by atoms with Crippen LogP contribution in [0.4, 0.5) is 11.6 Å². The molecule has 1 N–H and O–H groups in total. The van der Waals surface area contributed by atoms with Gasteiger partial charge in [-0.05, 0) is 35.4 Å². The molecule has 154 valence electrons. The molecular formula is C23H19ClN6O. The Balaban J connectivity index is 1.37. The Labute approximate surface area is 184 Å². The highest BCUT2D eigenvalue weighted by Crippen LogP contribution is 2.29. The summed E-state index contributed by atoms with van der Waals surface area (Å²) in [6.07, 6.45) is 5.25. The molecule has 1 aliphatic rings. The fourth-order valence-corrected chi connectivity index (χ4v) is 3.91. The highest BCUT2D eigenvalue weighted by Gasteiger charge is 2.27. The number of halogens is 1. The molecule has 31 heavy (non-hydrogen) atoms. The molecule has 0 aliphatic carbocycles. The summed E-state index contributed by atoms with van der Waals surface area (Å²) in [5.74, 6) is 0.486. The molecular weight excluding hydrogens is 412 g/mol. The van der Waals surface area contributed by atoms with E-state index in [-0.39, 0.29) is 5.91 Å². The van der Waals surface area contributed by atoms with E-state index < -0.39 is 0 Å². The van der Waals surface area contributed by atoms with Crippen molar-refractivity contribution < 1.29 is 4.79 Å². The quantitative estimate of drug-likeness (QED) is 0.507. The van der Waals surface area contributed by atoms with Gasteiger partial charge in [-0.25, -0.2) is 9.97 Å². The number of aryl methyl sites for hydroxylation is 1. The SMILES string of the molecule is Cn1cc(Nc2nccc(-c3ccc4c(c3)C(=O)N(Cc3cccc(Cl)c3)C4)n2)cn1. The summed E-state index contributed by atoms with van der Waals surface area (Å²) in [6.45, 7) is 1.11. The number of rotatable bonds is 5. The Hall–Kier alpha value is -3.71. The lowest BCUT2D eigenvalue weighted by Gasteiger charge is -2.15. The summed E-state index contributed by atoms with van der Waals surface area (Å²) in [5, 5.41) is 7.95. The van der Waals surface area contributed by atoms with Crippen LogP contribution in [0.1, 0.15) is 21.5 Å². The van der Waals surface area contributed by atoms with Crippen molar-refractivity contribution in [3.63, 3.8) is 0 Å². The first-order chi connectivity index (χ1) is 15.0. The van der Waals surface area contributed by atoms with Crippen molar-refractivity contribution in [1.82, 2.24) is 24.6 Å². The summed E-state index contributed by atoms with van der Waals surface area (Å²) < 4.78 is 1.70. The smallest absolute Gasteiger partial charge is 0.254 e. The highest BCUT2D eigenvalue weighted by atomic mass is 35.5. The van der Waals surface area contributed by atoms with Gasteiger partial charge in [0.15, 0.2) is 0 Å². The highest BCUT2D eigenvalue weighted by molar-refractivity contribution is 6.30. The molecule has 0 unspecified atom stereocenters. The zero-order chi connectivity index (χ0) is 21.4. The largest absolute Gasteiger partial charge is 0.330 e. The summed E-state index contributed by atoms with van der Waals surface area (Å²) in [7, 11) is 1.85. The van der Waals surface area contributed by atoms with Gasteiger partial charge in [0.25, 0.3) is 5.91 Å². The van der Waals surface area contributed by atoms with E-state index in [0.29, 0.717) is 29.6 Å². The van der Waals surface area contributed by atoms with Crippen LogP contribution in [0.2, 0.25) is 5.02 Å². The van der Waals surface area contributed by atoms with Crippen LogP contribution >= 0.6 is 11.6 Å². The minimum absolute atomic E-state index is 0.0135. The van der Waals surface area contributed by atoms with Crippen LogP contribution in [0.3, 0.4) is 0 Å². The number of nitrogens with zero attached hydrogens (tertiary/aromatic N) is 5. The molecule has 0 atom stereocenters. The van der Waals surface area contributed by atoms with Gasteiger partial charge in [-0.2, -0.15) is 5.10 Å². The van der Waals surface area contributed by atoms with E-state index in [2.05, 4.69) is 20.4 Å². The number of benzene rings is 2. The average Bonchev–Trinajstić information content (AvgIpc) is 3.31. The maximum atomic E-state index is 13.0. The molecule has 0 radical (unpaired) electrons. The van der Waals surface area contributed by atoms with Crippen LogP contribution in [-0.2, 0) is 20.1 Å². The first kappa shape index (κ1) is 19.3. The van der Waals surface area contributed by atoms with Crippen LogP contribution in [0.25, 0.3) is 11.3 Å². The molecule has 0 spiro atoms. The zero-order valence-corrected chi connectivity index (χ0v) is 17.5. The second kappa shape index (κ2) is 7.85. The van der Waals surface area contributed by atoms with Crippen molar-refractivity contribution in [1.29, 1.82) is 0 Å². The van der Waals surface area contributed by atoms with Gasteiger partial charge in [-0.3, -0.25) is 9.48 Å². The fraction of sp³-hybridized carbons (Fsp3) is 0.130. The number of anilines is 2. The topological polar surface area (TPSA) is 75.9 Å². The zero-order valence-electron chi connectivity index (χ0n) is 16.8. The van der Waals surface area contributed by atoms with Crippen LogP contribution in [0, 0.1) is 0 Å².